The van der Waals surface area contributed by atoms with E-state index in [1.165, 1.54) is 5.71 Å². The van der Waals surface area contributed by atoms with Crippen molar-refractivity contribution in [3.8, 4) is 0 Å². The van der Waals surface area contributed by atoms with Gasteiger partial charge in [0.1, 0.15) is 0 Å². The Morgan fingerprint density at radius 1 is 1.56 bits per heavy atom. The van der Waals surface area contributed by atoms with E-state index in [4.69, 9.17) is 0 Å². The topological polar surface area (TPSA) is 24.7 Å². The highest BCUT2D eigenvalue weighted by molar-refractivity contribution is 5.89. The summed E-state index contributed by atoms with van der Waals surface area (Å²) in [6, 6.07) is 0. The zero-order valence-corrected chi connectivity index (χ0v) is 5.96. The summed E-state index contributed by atoms with van der Waals surface area (Å²) in [5.74, 6) is 0.572. The smallest absolute Gasteiger partial charge is 0.0434 e. The molecule has 0 fully saturated rings. The van der Waals surface area contributed by atoms with Crippen LogP contribution in [0.2, 0.25) is 0 Å². The fourth-order valence-electron chi connectivity index (χ4n) is 0.839. The second-order valence-electron chi connectivity index (χ2n) is 2.58. The molecule has 0 aromatic carbocycles. The highest BCUT2D eigenvalue weighted by Crippen LogP contribution is 2.06. The molecule has 0 radical (unpaired) electrons. The predicted octanol–water partition coefficient (Wildman–Crippen LogP) is 1.86. The number of hydrogen-bond donors (Lipinski definition) is 0. The molecule has 0 N–H and O–H groups in total. The lowest BCUT2D eigenvalue weighted by Crippen LogP contribution is -2.09. The average molecular weight is 124 g/mol. The molecule has 0 bridgehead atoms. The van der Waals surface area contributed by atoms with Crippen LogP contribution in [0.1, 0.15) is 26.7 Å². The molecular weight excluding hydrogens is 112 g/mol. The Hall–Kier alpha value is -0.660. The fourth-order valence-corrected chi connectivity index (χ4v) is 0.839. The number of rotatable bonds is 1. The highest BCUT2D eigenvalue weighted by Gasteiger charge is 2.05. The number of nitrogens with zero attached hydrogens (tertiary/aromatic N) is 2. The van der Waals surface area contributed by atoms with Crippen molar-refractivity contribution in [2.75, 3.05) is 0 Å². The lowest BCUT2D eigenvalue weighted by molar-refractivity contribution is 0.831. The lowest BCUT2D eigenvalue weighted by Gasteiger charge is -2.08. The second kappa shape index (κ2) is 2.76. The molecule has 1 aliphatic heterocycles. The first-order valence-electron chi connectivity index (χ1n) is 3.39. The van der Waals surface area contributed by atoms with E-state index in [0.717, 1.165) is 12.8 Å². The summed E-state index contributed by atoms with van der Waals surface area (Å²) in [7, 11) is 0. The first-order chi connectivity index (χ1) is 4.30. The Morgan fingerprint density at radius 2 is 2.33 bits per heavy atom. The monoisotopic (exact) mass is 124 g/mol. The molecule has 0 amide bonds. The van der Waals surface area contributed by atoms with Crippen LogP contribution >= 0.6 is 0 Å². The van der Waals surface area contributed by atoms with Gasteiger partial charge in [-0.3, -0.25) is 0 Å². The second-order valence-corrected chi connectivity index (χ2v) is 2.58. The molecule has 1 heterocycles. The minimum absolute atomic E-state index is 0.572. The molecule has 0 spiro atoms. The molecule has 0 saturated heterocycles. The van der Waals surface area contributed by atoms with Crippen LogP contribution in [-0.2, 0) is 0 Å². The Kier molecular flexibility index (Phi) is 1.98. The van der Waals surface area contributed by atoms with Crippen molar-refractivity contribution in [1.29, 1.82) is 0 Å². The average Bonchev–Trinajstić information content (AvgIpc) is 1.90. The summed E-state index contributed by atoms with van der Waals surface area (Å²) in [5, 5.41) is 7.86. The first kappa shape index (κ1) is 6.46. The zero-order valence-electron chi connectivity index (χ0n) is 5.96. The Bertz CT molecular complexity index is 145. The van der Waals surface area contributed by atoms with E-state index in [2.05, 4.69) is 24.1 Å². The predicted molar refractivity (Wildman–Crippen MR) is 40.0 cm³/mol. The molecule has 2 heteroatoms. The van der Waals surface area contributed by atoms with Gasteiger partial charge < -0.3 is 0 Å². The first-order valence-corrected chi connectivity index (χ1v) is 3.39. The zero-order chi connectivity index (χ0) is 6.69. The normalized spacial score (nSPS) is 18.3. The van der Waals surface area contributed by atoms with Gasteiger partial charge in [-0.15, -0.1) is 0 Å². The van der Waals surface area contributed by atoms with Crippen molar-refractivity contribution in [3.05, 3.63) is 0 Å². The van der Waals surface area contributed by atoms with Gasteiger partial charge in [0.15, 0.2) is 0 Å². The molecule has 1 rings (SSSR count). The maximum absolute atomic E-state index is 4.02. The van der Waals surface area contributed by atoms with Gasteiger partial charge in [-0.25, -0.2) is 0 Å². The largest absolute Gasteiger partial charge is 0.164 e. The van der Waals surface area contributed by atoms with Crippen molar-refractivity contribution < 1.29 is 0 Å². The van der Waals surface area contributed by atoms with E-state index in [-0.39, 0.29) is 0 Å². The molecule has 0 aliphatic carbocycles. The van der Waals surface area contributed by atoms with E-state index in [1.807, 2.05) is 6.21 Å². The standard InChI is InChI=1S/C7H12N2/c1-6(2)7-4-3-5-8-9-7/h5-6H,3-4H2,1-2H3. The fraction of sp³-hybridized carbons (Fsp3) is 0.714. The van der Waals surface area contributed by atoms with E-state index in [1.54, 1.807) is 0 Å². The Labute approximate surface area is 55.7 Å². The van der Waals surface area contributed by atoms with Crippen molar-refractivity contribution in [1.82, 2.24) is 0 Å². The van der Waals surface area contributed by atoms with Gasteiger partial charge >= 0.3 is 0 Å². The van der Waals surface area contributed by atoms with Gasteiger partial charge in [0.25, 0.3) is 0 Å². The maximum atomic E-state index is 4.02. The van der Waals surface area contributed by atoms with Gasteiger partial charge in [0.05, 0.1) is 0 Å². The van der Waals surface area contributed by atoms with Crippen LogP contribution in [0.3, 0.4) is 0 Å². The van der Waals surface area contributed by atoms with E-state index < -0.39 is 0 Å². The number of hydrogen-bond acceptors (Lipinski definition) is 2. The van der Waals surface area contributed by atoms with Crippen LogP contribution in [0.25, 0.3) is 0 Å². The van der Waals surface area contributed by atoms with E-state index in [0.29, 0.717) is 5.92 Å². The van der Waals surface area contributed by atoms with Crippen LogP contribution in [-0.4, -0.2) is 11.9 Å². The third-order valence-electron chi connectivity index (χ3n) is 1.46. The van der Waals surface area contributed by atoms with Crippen LogP contribution in [0, 0.1) is 5.92 Å². The molecule has 0 saturated carbocycles. The third kappa shape index (κ3) is 1.63. The maximum Gasteiger partial charge on any atom is 0.0434 e. The van der Waals surface area contributed by atoms with Gasteiger partial charge in [-0.05, 0) is 18.8 Å². The minimum Gasteiger partial charge on any atom is -0.164 e. The van der Waals surface area contributed by atoms with E-state index in [9.17, 15) is 0 Å². The van der Waals surface area contributed by atoms with Gasteiger partial charge in [-0.2, -0.15) is 10.2 Å². The van der Waals surface area contributed by atoms with Crippen molar-refractivity contribution >= 4 is 11.9 Å². The summed E-state index contributed by atoms with van der Waals surface area (Å²) in [6.07, 6.45) is 4.03. The molecule has 0 atom stereocenters. The summed E-state index contributed by atoms with van der Waals surface area (Å²) >= 11 is 0. The van der Waals surface area contributed by atoms with Crippen LogP contribution < -0.4 is 0 Å². The quantitative estimate of drug-likeness (QED) is 0.509. The molecule has 50 valence electrons. The van der Waals surface area contributed by atoms with Crippen molar-refractivity contribution in [2.24, 2.45) is 16.1 Å². The van der Waals surface area contributed by atoms with Gasteiger partial charge in [0, 0.05) is 11.9 Å². The van der Waals surface area contributed by atoms with E-state index >= 15 is 0 Å². The van der Waals surface area contributed by atoms with Crippen molar-refractivity contribution in [2.45, 2.75) is 26.7 Å². The van der Waals surface area contributed by atoms with Crippen molar-refractivity contribution in [3.63, 3.8) is 0 Å². The molecule has 2 nitrogen and oxygen atoms in total. The van der Waals surface area contributed by atoms with Crippen LogP contribution in [0.4, 0.5) is 0 Å². The lowest BCUT2D eigenvalue weighted by atomic mass is 10.0. The summed E-state index contributed by atoms with van der Waals surface area (Å²) in [6.45, 7) is 4.30. The SMILES string of the molecule is CC(C)C1=NN=CCC1. The molecule has 0 aromatic rings. The van der Waals surface area contributed by atoms with Gasteiger partial charge in [0.2, 0.25) is 0 Å². The summed E-state index contributed by atoms with van der Waals surface area (Å²) < 4.78 is 0. The molecule has 0 aromatic heterocycles. The Balaban J connectivity index is 2.57. The summed E-state index contributed by atoms with van der Waals surface area (Å²) in [5.41, 5.74) is 1.23. The Morgan fingerprint density at radius 3 is 2.67 bits per heavy atom. The molecule has 0 unspecified atom stereocenters. The van der Waals surface area contributed by atoms with Crippen LogP contribution in [0.15, 0.2) is 10.2 Å². The minimum atomic E-state index is 0.572. The highest BCUT2D eigenvalue weighted by atomic mass is 15.2. The molecule has 1 aliphatic rings. The molecular formula is C7H12N2. The summed E-state index contributed by atoms with van der Waals surface area (Å²) in [4.78, 5) is 0. The van der Waals surface area contributed by atoms with Gasteiger partial charge in [-0.1, -0.05) is 13.8 Å². The third-order valence-corrected chi connectivity index (χ3v) is 1.46. The molecule has 9 heavy (non-hydrogen) atoms. The van der Waals surface area contributed by atoms with Crippen LogP contribution in [0.5, 0.6) is 0 Å².